The van der Waals surface area contributed by atoms with Crippen LogP contribution in [0.4, 0.5) is 0 Å². The highest BCUT2D eigenvalue weighted by atomic mass is 16.5. The summed E-state index contributed by atoms with van der Waals surface area (Å²) in [6.07, 6.45) is 57.6. The molecule has 0 aromatic carbocycles. The summed E-state index contributed by atoms with van der Waals surface area (Å²) in [7, 11) is 0. The third kappa shape index (κ3) is 40.8. The molecule has 9 nitrogen and oxygen atoms in total. The third-order valence-corrected chi connectivity index (χ3v) is 9.89. The third-order valence-electron chi connectivity index (χ3n) is 9.89. The van der Waals surface area contributed by atoms with Crippen molar-refractivity contribution >= 4 is 23.8 Å². The van der Waals surface area contributed by atoms with Crippen LogP contribution >= 0.6 is 0 Å². The second kappa shape index (κ2) is 44.6. The van der Waals surface area contributed by atoms with Gasteiger partial charge in [-0.25, -0.2) is 4.79 Å². The molecular weight excluding hydrogens is 753 g/mol. The molecule has 2 atom stereocenters. The molecule has 0 spiro atoms. The van der Waals surface area contributed by atoms with E-state index >= 15 is 0 Å². The maximum atomic E-state index is 12.8. The van der Waals surface area contributed by atoms with E-state index in [1.54, 1.807) is 0 Å². The van der Waals surface area contributed by atoms with Gasteiger partial charge in [-0.05, 0) is 96.3 Å². The lowest BCUT2D eigenvalue weighted by atomic mass is 10.0. The molecule has 2 amide bonds. The SMILES string of the molecule is CC/C=C\C/C=C\C/C=C\C/C=C\C/C=C\C/C=C\CCC(=O)OC(CCC/C=C\CCCCCCCCCC)CCCCCCCC(=O)NCC(=O)NC(CO)C(=O)O. The van der Waals surface area contributed by atoms with E-state index in [0.29, 0.717) is 19.3 Å². The molecule has 4 N–H and O–H groups in total. The summed E-state index contributed by atoms with van der Waals surface area (Å²) in [6.45, 7) is 3.35. The highest BCUT2D eigenvalue weighted by molar-refractivity contribution is 5.87. The van der Waals surface area contributed by atoms with E-state index in [1.807, 2.05) is 0 Å². The average Bonchev–Trinajstić information content (AvgIpc) is 3.23. The van der Waals surface area contributed by atoms with Crippen LogP contribution < -0.4 is 10.6 Å². The molecule has 0 aliphatic carbocycles. The smallest absolute Gasteiger partial charge is 0.328 e. The van der Waals surface area contributed by atoms with Gasteiger partial charge >= 0.3 is 11.9 Å². The predicted molar refractivity (Wildman–Crippen MR) is 250 cm³/mol. The fourth-order valence-electron chi connectivity index (χ4n) is 6.33. The summed E-state index contributed by atoms with van der Waals surface area (Å²) in [4.78, 5) is 47.7. The topological polar surface area (TPSA) is 142 Å². The lowest BCUT2D eigenvalue weighted by molar-refractivity contribution is -0.149. The van der Waals surface area contributed by atoms with Crippen LogP contribution in [0.2, 0.25) is 0 Å². The van der Waals surface area contributed by atoms with Crippen LogP contribution in [0, 0.1) is 0 Å². The Morgan fingerprint density at radius 3 is 1.53 bits per heavy atom. The van der Waals surface area contributed by atoms with Gasteiger partial charge in [0.05, 0.1) is 13.2 Å². The monoisotopic (exact) mass is 837 g/mol. The zero-order chi connectivity index (χ0) is 44.0. The number of nitrogens with one attached hydrogen (secondary N) is 2. The second-order valence-electron chi connectivity index (χ2n) is 15.5. The summed E-state index contributed by atoms with van der Waals surface area (Å²) in [5.74, 6) is -2.41. The van der Waals surface area contributed by atoms with E-state index in [0.717, 1.165) is 96.3 Å². The Hall–Kier alpha value is -3.98. The number of hydrogen-bond acceptors (Lipinski definition) is 6. The average molecular weight is 837 g/mol. The number of hydrogen-bond donors (Lipinski definition) is 4. The zero-order valence-electron chi connectivity index (χ0n) is 37.7. The Kier molecular flexibility index (Phi) is 41.6. The first kappa shape index (κ1) is 56.0. The molecule has 0 saturated heterocycles. The number of carbonyl (C=O) groups is 4. The van der Waals surface area contributed by atoms with E-state index in [4.69, 9.17) is 14.9 Å². The first-order valence-electron chi connectivity index (χ1n) is 23.5. The van der Waals surface area contributed by atoms with E-state index in [9.17, 15) is 19.2 Å². The predicted octanol–water partition coefficient (Wildman–Crippen LogP) is 12.0. The van der Waals surface area contributed by atoms with Crippen molar-refractivity contribution in [2.75, 3.05) is 13.2 Å². The number of aliphatic carboxylic acids is 1. The largest absolute Gasteiger partial charge is 0.480 e. The number of aliphatic hydroxyl groups excluding tert-OH is 1. The van der Waals surface area contributed by atoms with Crippen molar-refractivity contribution in [1.29, 1.82) is 0 Å². The number of carbonyl (C=O) groups excluding carboxylic acids is 3. The maximum Gasteiger partial charge on any atom is 0.328 e. The van der Waals surface area contributed by atoms with Gasteiger partial charge in [-0.15, -0.1) is 0 Å². The number of ether oxygens (including phenoxy) is 1. The number of esters is 1. The number of carboxylic acids is 1. The van der Waals surface area contributed by atoms with Gasteiger partial charge < -0.3 is 25.6 Å². The van der Waals surface area contributed by atoms with Crippen LogP contribution in [0.15, 0.2) is 85.1 Å². The molecule has 0 heterocycles. The summed E-state index contributed by atoms with van der Waals surface area (Å²) in [5.41, 5.74) is 0. The van der Waals surface area contributed by atoms with Crippen LogP contribution in [-0.4, -0.2) is 59.3 Å². The Morgan fingerprint density at radius 2 is 0.983 bits per heavy atom. The van der Waals surface area contributed by atoms with Crippen molar-refractivity contribution in [1.82, 2.24) is 10.6 Å². The molecule has 0 saturated carbocycles. The van der Waals surface area contributed by atoms with Crippen LogP contribution in [0.1, 0.15) is 187 Å². The van der Waals surface area contributed by atoms with Crippen molar-refractivity contribution in [3.63, 3.8) is 0 Å². The number of allylic oxidation sites excluding steroid dienone is 14. The number of unbranched alkanes of at least 4 members (excludes halogenated alkanes) is 13. The van der Waals surface area contributed by atoms with Crippen molar-refractivity contribution < 1.29 is 34.1 Å². The van der Waals surface area contributed by atoms with Crippen LogP contribution in [0.5, 0.6) is 0 Å². The minimum atomic E-state index is -1.39. The molecule has 0 bridgehead atoms. The Balaban J connectivity index is 4.49. The number of amides is 2. The second-order valence-corrected chi connectivity index (χ2v) is 15.5. The molecule has 340 valence electrons. The van der Waals surface area contributed by atoms with Gasteiger partial charge in [0.2, 0.25) is 11.8 Å². The minimum absolute atomic E-state index is 0.0904. The van der Waals surface area contributed by atoms with Gasteiger partial charge in [0.25, 0.3) is 0 Å². The quantitative estimate of drug-likeness (QED) is 0.0273. The highest BCUT2D eigenvalue weighted by Crippen LogP contribution is 2.17. The standard InChI is InChI=1S/C51H84N2O7/c1-3-5-7-9-11-13-15-17-18-19-20-21-22-24-26-28-30-35-39-43-50(57)60-46(40-36-32-29-27-25-23-16-14-12-10-8-6-4-2)41-37-33-31-34-38-42-48(55)52-44-49(56)53-47(45-54)51(58)59/h5,7,11,13,17-18,20-21,24,26-27,29-30,35,46-47,54H,3-4,6,8-10,12,14-16,19,22-23,25,28,31-34,36-45H2,1-2H3,(H,52,55)(H,53,56)(H,58,59)/b7-5-,13-11-,18-17-,21-20-,26-24-,29-27-,35-30-. The summed E-state index contributed by atoms with van der Waals surface area (Å²) < 4.78 is 5.98. The molecule has 0 rings (SSSR count). The minimum Gasteiger partial charge on any atom is -0.480 e. The van der Waals surface area contributed by atoms with Gasteiger partial charge in [0.15, 0.2) is 0 Å². The van der Waals surface area contributed by atoms with Crippen LogP contribution in [0.3, 0.4) is 0 Å². The van der Waals surface area contributed by atoms with Crippen LogP contribution in [0.25, 0.3) is 0 Å². The summed E-state index contributed by atoms with van der Waals surface area (Å²) in [5, 5.41) is 22.6. The number of rotatable bonds is 41. The fraction of sp³-hybridized carbons (Fsp3) is 0.647. The number of aliphatic hydroxyl groups is 1. The molecule has 2 unspecified atom stereocenters. The molecule has 0 aliphatic heterocycles. The molecule has 0 aromatic rings. The Labute approximate surface area is 365 Å². The fourth-order valence-corrected chi connectivity index (χ4v) is 6.33. The molecule has 9 heteroatoms. The van der Waals surface area contributed by atoms with Gasteiger partial charge in [0.1, 0.15) is 12.1 Å². The van der Waals surface area contributed by atoms with Crippen molar-refractivity contribution in [2.45, 2.75) is 199 Å². The van der Waals surface area contributed by atoms with E-state index in [2.05, 4.69) is 110 Å². The lowest BCUT2D eigenvalue weighted by Crippen LogP contribution is -2.47. The zero-order valence-corrected chi connectivity index (χ0v) is 37.7. The molecule has 0 fully saturated rings. The van der Waals surface area contributed by atoms with Crippen molar-refractivity contribution in [2.24, 2.45) is 0 Å². The van der Waals surface area contributed by atoms with Gasteiger partial charge in [-0.2, -0.15) is 0 Å². The number of carboxylic acid groups (broad SMARTS) is 1. The van der Waals surface area contributed by atoms with E-state index < -0.39 is 24.5 Å². The van der Waals surface area contributed by atoms with Crippen LogP contribution in [-0.2, 0) is 23.9 Å². The van der Waals surface area contributed by atoms with Crippen molar-refractivity contribution in [3.8, 4) is 0 Å². The lowest BCUT2D eigenvalue weighted by Gasteiger charge is -2.18. The molecule has 0 aromatic heterocycles. The first-order chi connectivity index (χ1) is 29.3. The molecule has 0 radical (unpaired) electrons. The molecular formula is C51H84N2O7. The highest BCUT2D eigenvalue weighted by Gasteiger charge is 2.19. The molecule has 0 aliphatic rings. The van der Waals surface area contributed by atoms with Gasteiger partial charge in [-0.1, -0.05) is 163 Å². The van der Waals surface area contributed by atoms with Gasteiger partial charge in [0, 0.05) is 12.8 Å². The van der Waals surface area contributed by atoms with E-state index in [-0.39, 0.29) is 30.9 Å². The molecule has 60 heavy (non-hydrogen) atoms. The van der Waals surface area contributed by atoms with Gasteiger partial charge in [-0.3, -0.25) is 14.4 Å². The normalized spacial score (nSPS) is 13.2. The maximum absolute atomic E-state index is 12.8. The first-order valence-corrected chi connectivity index (χ1v) is 23.5. The Morgan fingerprint density at radius 1 is 0.517 bits per heavy atom. The Bertz CT molecular complexity index is 1280. The summed E-state index contributed by atoms with van der Waals surface area (Å²) in [6, 6.07) is -1.39. The summed E-state index contributed by atoms with van der Waals surface area (Å²) >= 11 is 0. The van der Waals surface area contributed by atoms with Crippen molar-refractivity contribution in [3.05, 3.63) is 85.1 Å². The van der Waals surface area contributed by atoms with E-state index in [1.165, 1.54) is 51.4 Å².